The second-order valence-corrected chi connectivity index (χ2v) is 9.66. The molecule has 4 rings (SSSR count). The summed E-state index contributed by atoms with van der Waals surface area (Å²) in [5.41, 5.74) is 4.28. The number of aryl methyl sites for hydroxylation is 2. The van der Waals surface area contributed by atoms with E-state index in [9.17, 15) is 9.59 Å². The van der Waals surface area contributed by atoms with E-state index in [1.807, 2.05) is 63.2 Å². The first-order chi connectivity index (χ1) is 17.7. The number of fused-ring (bicyclic) bond motifs is 1. The first-order valence-electron chi connectivity index (χ1n) is 12.0. The van der Waals surface area contributed by atoms with Crippen molar-refractivity contribution in [1.29, 1.82) is 0 Å². The predicted octanol–water partition coefficient (Wildman–Crippen LogP) is 5.34. The lowest BCUT2D eigenvalue weighted by molar-refractivity contribution is -0.147. The Morgan fingerprint density at radius 3 is 2.57 bits per heavy atom. The number of esters is 1. The van der Waals surface area contributed by atoms with Crippen molar-refractivity contribution in [3.05, 3.63) is 86.1 Å². The van der Waals surface area contributed by atoms with E-state index in [1.165, 1.54) is 11.8 Å². The Morgan fingerprint density at radius 1 is 1.16 bits per heavy atom. The largest absolute Gasteiger partial charge is 0.479 e. The molecule has 0 radical (unpaired) electrons. The number of carbonyl (C=O) groups is 1. The summed E-state index contributed by atoms with van der Waals surface area (Å²) in [4.78, 5) is 29.6. The zero-order valence-corrected chi connectivity index (χ0v) is 23.1. The lowest BCUT2D eigenvalue weighted by atomic mass is 10.2. The fourth-order valence-electron chi connectivity index (χ4n) is 4.23. The van der Waals surface area contributed by atoms with E-state index in [1.54, 1.807) is 19.2 Å². The third-order valence-electron chi connectivity index (χ3n) is 6.07. The van der Waals surface area contributed by atoms with Crippen molar-refractivity contribution in [3.8, 4) is 11.4 Å². The Labute approximate surface area is 223 Å². The van der Waals surface area contributed by atoms with E-state index in [-0.39, 0.29) is 5.56 Å². The van der Waals surface area contributed by atoms with Gasteiger partial charge in [-0.3, -0.25) is 4.79 Å². The summed E-state index contributed by atoms with van der Waals surface area (Å²) < 4.78 is 14.7. The van der Waals surface area contributed by atoms with Gasteiger partial charge in [-0.15, -0.1) is 0 Å². The third-order valence-corrected chi connectivity index (χ3v) is 6.57. The molecule has 2 aromatic heterocycles. The van der Waals surface area contributed by atoms with E-state index in [0.29, 0.717) is 28.9 Å². The minimum atomic E-state index is -0.694. The predicted molar refractivity (Wildman–Crippen MR) is 148 cm³/mol. The van der Waals surface area contributed by atoms with Crippen LogP contribution in [-0.4, -0.2) is 39.6 Å². The van der Waals surface area contributed by atoms with Crippen molar-refractivity contribution < 1.29 is 14.3 Å². The zero-order chi connectivity index (χ0) is 26.7. The number of ether oxygens (including phenoxy) is 2. The van der Waals surface area contributed by atoms with E-state index >= 15 is 0 Å². The second-order valence-electron chi connectivity index (χ2n) is 8.74. The van der Waals surface area contributed by atoms with Crippen molar-refractivity contribution in [2.75, 3.05) is 7.11 Å². The fourth-order valence-corrected chi connectivity index (χ4v) is 4.59. The van der Waals surface area contributed by atoms with Crippen LogP contribution >= 0.6 is 15.9 Å². The highest BCUT2D eigenvalue weighted by molar-refractivity contribution is 9.10. The number of aromatic nitrogens is 3. The first-order valence-corrected chi connectivity index (χ1v) is 12.8. The van der Waals surface area contributed by atoms with Crippen LogP contribution in [-0.2, 0) is 16.0 Å². The van der Waals surface area contributed by atoms with E-state index in [4.69, 9.17) is 14.5 Å². The molecule has 0 N–H and O–H groups in total. The quantitative estimate of drug-likeness (QED) is 0.213. The summed E-state index contributed by atoms with van der Waals surface area (Å²) in [7, 11) is 1.33. The van der Waals surface area contributed by atoms with Crippen LogP contribution in [0.5, 0.6) is 5.75 Å². The van der Waals surface area contributed by atoms with Crippen molar-refractivity contribution >= 4 is 39.0 Å². The highest BCUT2D eigenvalue weighted by atomic mass is 79.9. The molecule has 2 aromatic carbocycles. The molecule has 192 valence electrons. The van der Waals surface area contributed by atoms with Crippen LogP contribution in [0.25, 0.3) is 16.6 Å². The number of nitrogens with zero attached hydrogens (tertiary/aromatic N) is 4. The number of hydrogen-bond donors (Lipinski definition) is 0. The molecule has 0 bridgehead atoms. The molecular weight excluding hydrogens is 536 g/mol. The first kappa shape index (κ1) is 26.3. The van der Waals surface area contributed by atoms with Crippen LogP contribution in [0, 0.1) is 13.8 Å². The lowest BCUT2D eigenvalue weighted by Crippen LogP contribution is -2.24. The van der Waals surface area contributed by atoms with Crippen molar-refractivity contribution in [3.63, 3.8) is 0 Å². The number of halogens is 1. The molecule has 1 atom stereocenters. The molecule has 0 saturated heterocycles. The van der Waals surface area contributed by atoms with Gasteiger partial charge in [0.05, 0.1) is 24.2 Å². The van der Waals surface area contributed by atoms with Gasteiger partial charge in [-0.2, -0.15) is 9.78 Å². The molecule has 9 heteroatoms. The van der Waals surface area contributed by atoms with Gasteiger partial charge in [0, 0.05) is 33.5 Å². The molecule has 4 aromatic rings. The van der Waals surface area contributed by atoms with Gasteiger partial charge < -0.3 is 14.0 Å². The number of hydrogen-bond acceptors (Lipinski definition) is 6. The zero-order valence-electron chi connectivity index (χ0n) is 21.5. The molecule has 0 amide bonds. The van der Waals surface area contributed by atoms with Crippen LogP contribution in [0.3, 0.4) is 0 Å². The summed E-state index contributed by atoms with van der Waals surface area (Å²) in [5, 5.41) is 5.09. The summed E-state index contributed by atoms with van der Waals surface area (Å²) in [5.74, 6) is 0.772. The minimum Gasteiger partial charge on any atom is -0.479 e. The Balaban J connectivity index is 1.67. The number of carbonyl (C=O) groups excluding carboxylic acids is 1. The van der Waals surface area contributed by atoms with Gasteiger partial charge >= 0.3 is 5.97 Å². The maximum Gasteiger partial charge on any atom is 0.346 e. The van der Waals surface area contributed by atoms with Gasteiger partial charge in [-0.1, -0.05) is 22.9 Å². The Hall–Kier alpha value is -3.72. The molecule has 0 unspecified atom stereocenters. The molecule has 0 aliphatic heterocycles. The maximum atomic E-state index is 13.3. The van der Waals surface area contributed by atoms with E-state index in [2.05, 4.69) is 25.6 Å². The van der Waals surface area contributed by atoms with E-state index in [0.717, 1.165) is 33.5 Å². The van der Waals surface area contributed by atoms with Gasteiger partial charge in [0.1, 0.15) is 11.6 Å². The van der Waals surface area contributed by atoms with Crippen LogP contribution in [0.2, 0.25) is 0 Å². The standard InChI is InChI=1S/C28H29BrN4O4/c1-6-7-26-31-25-13-8-21(29)15-24(25)27(34)33(26)30-16-20-14-17(2)32(18(20)3)22-9-11-23(12-10-22)37-19(4)28(35)36-5/h8-16,19H,6-7H2,1-5H3/t19-/m0/s1. The van der Waals surface area contributed by atoms with E-state index < -0.39 is 12.1 Å². The maximum absolute atomic E-state index is 13.3. The van der Waals surface area contributed by atoms with Crippen LogP contribution in [0.4, 0.5) is 0 Å². The Bertz CT molecular complexity index is 1540. The molecule has 8 nitrogen and oxygen atoms in total. The molecule has 0 spiro atoms. The van der Waals surface area contributed by atoms with Crippen LogP contribution < -0.4 is 10.3 Å². The third kappa shape index (κ3) is 5.51. The average molecular weight is 565 g/mol. The number of methoxy groups -OCH3 is 1. The Kier molecular flexibility index (Phi) is 7.92. The minimum absolute atomic E-state index is 0.198. The van der Waals surface area contributed by atoms with Gasteiger partial charge in [0.2, 0.25) is 0 Å². The fraction of sp³-hybridized carbons (Fsp3) is 0.286. The highest BCUT2D eigenvalue weighted by Gasteiger charge is 2.16. The summed E-state index contributed by atoms with van der Waals surface area (Å²) in [6.45, 7) is 7.71. The molecule has 0 aliphatic rings. The SMILES string of the molecule is CCCc1nc2ccc(Br)cc2c(=O)n1N=Cc1cc(C)n(-c2ccc(O[C@@H](C)C(=O)OC)cc2)c1C. The van der Waals surface area contributed by atoms with Gasteiger partial charge in [-0.05, 0) is 75.7 Å². The highest BCUT2D eigenvalue weighted by Crippen LogP contribution is 2.23. The molecule has 0 fully saturated rings. The van der Waals surface area contributed by atoms with Crippen molar-refractivity contribution in [2.24, 2.45) is 5.10 Å². The smallest absolute Gasteiger partial charge is 0.346 e. The molecule has 0 saturated carbocycles. The Morgan fingerprint density at radius 2 is 1.89 bits per heavy atom. The molecule has 0 aliphatic carbocycles. The van der Waals surface area contributed by atoms with Crippen molar-refractivity contribution in [1.82, 2.24) is 14.2 Å². The normalized spacial score (nSPS) is 12.3. The monoisotopic (exact) mass is 564 g/mol. The van der Waals surface area contributed by atoms with Gasteiger partial charge in [0.15, 0.2) is 6.10 Å². The van der Waals surface area contributed by atoms with Crippen molar-refractivity contribution in [2.45, 2.75) is 46.6 Å². The second kappa shape index (κ2) is 11.1. The molecule has 37 heavy (non-hydrogen) atoms. The van der Waals surface area contributed by atoms with Gasteiger partial charge in [-0.25, -0.2) is 9.78 Å². The molecule has 2 heterocycles. The summed E-state index contributed by atoms with van der Waals surface area (Å²) in [6, 6.07) is 15.0. The average Bonchev–Trinajstić information content (AvgIpc) is 3.17. The molecular formula is C28H29BrN4O4. The van der Waals surface area contributed by atoms with Crippen LogP contribution in [0.15, 0.2) is 62.9 Å². The van der Waals surface area contributed by atoms with Crippen LogP contribution in [0.1, 0.15) is 43.0 Å². The topological polar surface area (TPSA) is 87.7 Å². The number of benzene rings is 2. The summed E-state index contributed by atoms with van der Waals surface area (Å²) in [6.07, 6.45) is 2.50. The summed E-state index contributed by atoms with van der Waals surface area (Å²) >= 11 is 3.44. The number of rotatable bonds is 8. The lowest BCUT2D eigenvalue weighted by Gasteiger charge is -2.14. The van der Waals surface area contributed by atoms with Gasteiger partial charge in [0.25, 0.3) is 5.56 Å².